The Morgan fingerprint density at radius 2 is 2.27 bits per heavy atom. The first-order valence-corrected chi connectivity index (χ1v) is 3.23. The van der Waals surface area contributed by atoms with Crippen molar-refractivity contribution in [1.82, 2.24) is 0 Å². The molecule has 0 amide bonds. The van der Waals surface area contributed by atoms with Crippen molar-refractivity contribution in [3.63, 3.8) is 0 Å². The molecule has 1 atom stereocenters. The van der Waals surface area contributed by atoms with Crippen molar-refractivity contribution in [2.45, 2.75) is 24.9 Å². The van der Waals surface area contributed by atoms with Gasteiger partial charge in [0.1, 0.15) is 6.61 Å². The van der Waals surface area contributed by atoms with Crippen LogP contribution in [-0.2, 0) is 9.53 Å². The molecule has 64 valence electrons. The van der Waals surface area contributed by atoms with Crippen molar-refractivity contribution < 1.29 is 23.4 Å². The number of hydrogen-bond donors (Lipinski definition) is 1. The molecular weight excluding hydrogens is 158 g/mol. The molecule has 1 aliphatic heterocycles. The van der Waals surface area contributed by atoms with Crippen LogP contribution in [-0.4, -0.2) is 29.7 Å². The van der Waals surface area contributed by atoms with Crippen molar-refractivity contribution in [3.8, 4) is 0 Å². The highest BCUT2D eigenvalue weighted by atomic mass is 19.3. The van der Waals surface area contributed by atoms with Crippen LogP contribution >= 0.6 is 0 Å². The third kappa shape index (κ3) is 2.11. The molecule has 0 bridgehead atoms. The molecule has 1 N–H and O–H groups in total. The van der Waals surface area contributed by atoms with Crippen molar-refractivity contribution in [3.05, 3.63) is 0 Å². The van der Waals surface area contributed by atoms with Crippen LogP contribution in [0.4, 0.5) is 8.78 Å². The molecule has 1 rings (SSSR count). The van der Waals surface area contributed by atoms with E-state index in [0.29, 0.717) is 0 Å². The van der Waals surface area contributed by atoms with E-state index in [0.717, 1.165) is 0 Å². The molecule has 1 aliphatic rings. The second-order valence-electron chi connectivity index (χ2n) is 2.53. The molecule has 0 aromatic carbocycles. The Kier molecular flexibility index (Phi) is 2.08. The zero-order chi connectivity index (χ0) is 8.48. The molecule has 0 aromatic rings. The Bertz CT molecular complexity index is 159. The van der Waals surface area contributed by atoms with Gasteiger partial charge < -0.3 is 9.84 Å². The summed E-state index contributed by atoms with van der Waals surface area (Å²) in [5.41, 5.74) is 0. The minimum absolute atomic E-state index is 0.109. The van der Waals surface area contributed by atoms with Gasteiger partial charge in [-0.2, -0.15) is 0 Å². The Balaban J connectivity index is 2.42. The molecule has 0 aromatic heterocycles. The maximum absolute atomic E-state index is 12.3. The van der Waals surface area contributed by atoms with Crippen LogP contribution in [0.1, 0.15) is 12.8 Å². The SMILES string of the molecule is O=C(O)[C@@H]1CCC(F)(F)CO1. The standard InChI is InChI=1S/C6H8F2O3/c7-6(8)2-1-4(5(9)10)11-3-6/h4H,1-3H2,(H,9,10)/t4-/m0/s1. The molecule has 0 unspecified atom stereocenters. The molecule has 0 spiro atoms. The van der Waals surface area contributed by atoms with E-state index in [-0.39, 0.29) is 6.42 Å². The second-order valence-corrected chi connectivity index (χ2v) is 2.53. The molecule has 5 heteroatoms. The number of carboxylic acid groups (broad SMARTS) is 1. The average molecular weight is 166 g/mol. The molecule has 11 heavy (non-hydrogen) atoms. The topological polar surface area (TPSA) is 46.5 Å². The number of halogens is 2. The highest BCUT2D eigenvalue weighted by Crippen LogP contribution is 2.27. The van der Waals surface area contributed by atoms with Gasteiger partial charge in [-0.1, -0.05) is 0 Å². The Morgan fingerprint density at radius 1 is 1.64 bits per heavy atom. The molecule has 3 nitrogen and oxygen atoms in total. The van der Waals surface area contributed by atoms with Crippen molar-refractivity contribution >= 4 is 5.97 Å². The summed E-state index contributed by atoms with van der Waals surface area (Å²) in [6.07, 6.45) is -1.55. The number of aliphatic carboxylic acids is 1. The lowest BCUT2D eigenvalue weighted by atomic mass is 10.1. The maximum Gasteiger partial charge on any atom is 0.332 e. The number of alkyl halides is 2. The van der Waals surface area contributed by atoms with Gasteiger partial charge in [0.25, 0.3) is 5.92 Å². The van der Waals surface area contributed by atoms with E-state index in [4.69, 9.17) is 5.11 Å². The van der Waals surface area contributed by atoms with Crippen molar-refractivity contribution in [2.75, 3.05) is 6.61 Å². The fraction of sp³-hybridized carbons (Fsp3) is 0.833. The first-order valence-electron chi connectivity index (χ1n) is 3.23. The van der Waals surface area contributed by atoms with Crippen LogP contribution in [0, 0.1) is 0 Å². The fourth-order valence-electron chi connectivity index (χ4n) is 0.915. The number of rotatable bonds is 1. The summed E-state index contributed by atoms with van der Waals surface area (Å²) >= 11 is 0. The molecule has 1 saturated heterocycles. The van der Waals surface area contributed by atoms with Gasteiger partial charge in [-0.05, 0) is 6.42 Å². The average Bonchev–Trinajstić information content (AvgIpc) is 1.86. The summed E-state index contributed by atoms with van der Waals surface area (Å²) in [6.45, 7) is -0.774. The molecule has 0 radical (unpaired) electrons. The van der Waals surface area contributed by atoms with Gasteiger partial charge in [-0.15, -0.1) is 0 Å². The normalized spacial score (nSPS) is 29.8. The lowest BCUT2D eigenvalue weighted by Gasteiger charge is -2.25. The number of ether oxygens (including phenoxy) is 1. The minimum atomic E-state index is -2.84. The predicted octanol–water partition coefficient (Wildman–Crippen LogP) is 0.885. The Labute approximate surface area is 62.0 Å². The van der Waals surface area contributed by atoms with Crippen LogP contribution in [0.5, 0.6) is 0 Å². The Morgan fingerprint density at radius 3 is 2.64 bits per heavy atom. The van der Waals surface area contributed by atoms with Crippen LogP contribution in [0.15, 0.2) is 0 Å². The van der Waals surface area contributed by atoms with Gasteiger partial charge in [0.05, 0.1) is 0 Å². The van der Waals surface area contributed by atoms with Crippen LogP contribution in [0.25, 0.3) is 0 Å². The van der Waals surface area contributed by atoms with Gasteiger partial charge in [0.2, 0.25) is 0 Å². The van der Waals surface area contributed by atoms with Crippen molar-refractivity contribution in [2.24, 2.45) is 0 Å². The first-order chi connectivity index (χ1) is 5.01. The smallest absolute Gasteiger partial charge is 0.332 e. The fourth-order valence-corrected chi connectivity index (χ4v) is 0.915. The molecular formula is C6H8F2O3. The summed E-state index contributed by atoms with van der Waals surface area (Å²) in [4.78, 5) is 10.2. The lowest BCUT2D eigenvalue weighted by Crippen LogP contribution is -2.38. The minimum Gasteiger partial charge on any atom is -0.479 e. The molecule has 1 heterocycles. The summed E-state index contributed by atoms with van der Waals surface area (Å²) < 4.78 is 29.1. The van der Waals surface area contributed by atoms with Gasteiger partial charge in [-0.25, -0.2) is 13.6 Å². The van der Waals surface area contributed by atoms with Gasteiger partial charge in [-0.3, -0.25) is 0 Å². The van der Waals surface area contributed by atoms with Gasteiger partial charge in [0, 0.05) is 6.42 Å². The maximum atomic E-state index is 12.3. The summed E-state index contributed by atoms with van der Waals surface area (Å²) in [5.74, 6) is -4.01. The van der Waals surface area contributed by atoms with E-state index in [1.807, 2.05) is 0 Å². The summed E-state index contributed by atoms with van der Waals surface area (Å²) in [6, 6.07) is 0. The first kappa shape index (κ1) is 8.39. The zero-order valence-corrected chi connectivity index (χ0v) is 5.72. The van der Waals surface area contributed by atoms with E-state index in [9.17, 15) is 13.6 Å². The van der Waals surface area contributed by atoms with Crippen LogP contribution in [0.3, 0.4) is 0 Å². The molecule has 0 saturated carbocycles. The third-order valence-corrected chi connectivity index (χ3v) is 1.54. The van der Waals surface area contributed by atoms with E-state index in [1.165, 1.54) is 0 Å². The van der Waals surface area contributed by atoms with E-state index in [1.54, 1.807) is 0 Å². The highest BCUT2D eigenvalue weighted by Gasteiger charge is 2.38. The Hall–Kier alpha value is -0.710. The predicted molar refractivity (Wildman–Crippen MR) is 31.6 cm³/mol. The molecule has 1 fully saturated rings. The number of carbonyl (C=O) groups is 1. The van der Waals surface area contributed by atoms with Crippen molar-refractivity contribution in [1.29, 1.82) is 0 Å². The van der Waals surface area contributed by atoms with Gasteiger partial charge in [0.15, 0.2) is 6.10 Å². The molecule has 0 aliphatic carbocycles. The summed E-state index contributed by atoms with van der Waals surface area (Å²) in [7, 11) is 0. The third-order valence-electron chi connectivity index (χ3n) is 1.54. The monoisotopic (exact) mass is 166 g/mol. The quantitative estimate of drug-likeness (QED) is 0.629. The number of hydrogen-bond acceptors (Lipinski definition) is 2. The van der Waals surface area contributed by atoms with E-state index >= 15 is 0 Å². The number of carboxylic acids is 1. The van der Waals surface area contributed by atoms with E-state index in [2.05, 4.69) is 4.74 Å². The zero-order valence-electron chi connectivity index (χ0n) is 5.72. The van der Waals surface area contributed by atoms with Crippen LogP contribution in [0.2, 0.25) is 0 Å². The van der Waals surface area contributed by atoms with E-state index < -0.39 is 31.0 Å². The van der Waals surface area contributed by atoms with Crippen LogP contribution < -0.4 is 0 Å². The second kappa shape index (κ2) is 2.73. The largest absolute Gasteiger partial charge is 0.479 e. The summed E-state index contributed by atoms with van der Waals surface area (Å²) in [5, 5.41) is 8.34. The highest BCUT2D eigenvalue weighted by molar-refractivity contribution is 5.72. The van der Waals surface area contributed by atoms with Gasteiger partial charge >= 0.3 is 5.97 Å². The lowest BCUT2D eigenvalue weighted by molar-refractivity contribution is -0.175.